The Morgan fingerprint density at radius 1 is 1.00 bits per heavy atom. The number of hydrogen-bond donors (Lipinski definition) is 1. The van der Waals surface area contributed by atoms with Crippen molar-refractivity contribution in [1.82, 2.24) is 9.97 Å². The Labute approximate surface area is 102 Å². The van der Waals surface area contributed by atoms with E-state index in [2.05, 4.69) is 9.97 Å². The van der Waals surface area contributed by atoms with E-state index in [-0.39, 0.29) is 0 Å². The lowest BCUT2D eigenvalue weighted by molar-refractivity contribution is 1.07. The molecule has 0 saturated carbocycles. The molecule has 0 bridgehead atoms. The van der Waals surface area contributed by atoms with E-state index < -0.39 is 0 Å². The zero-order chi connectivity index (χ0) is 12.7. The summed E-state index contributed by atoms with van der Waals surface area (Å²) in [5, 5.41) is 0. The van der Waals surface area contributed by atoms with Gasteiger partial charge in [0.15, 0.2) is 0 Å². The maximum absolute atomic E-state index is 5.41. The maximum Gasteiger partial charge on any atom is 0.127 e. The van der Waals surface area contributed by atoms with Gasteiger partial charge in [-0.1, -0.05) is 12.1 Å². The summed E-state index contributed by atoms with van der Waals surface area (Å²) in [6.45, 7) is 1.93. The smallest absolute Gasteiger partial charge is 0.127 e. The summed E-state index contributed by atoms with van der Waals surface area (Å²) in [6.07, 6.45) is 3.47. The fraction of sp³-hybridized carbons (Fsp3) is 0.231. The van der Waals surface area contributed by atoms with Gasteiger partial charge in [0, 0.05) is 26.5 Å². The SMILES string of the molecule is CN(C)c1ccccn1.Cc1cccnc1N. The lowest BCUT2D eigenvalue weighted by Gasteiger charge is -2.08. The van der Waals surface area contributed by atoms with E-state index >= 15 is 0 Å². The average Bonchev–Trinajstić information content (AvgIpc) is 2.35. The summed E-state index contributed by atoms with van der Waals surface area (Å²) < 4.78 is 0. The molecule has 2 aromatic heterocycles. The third kappa shape index (κ3) is 4.51. The Hall–Kier alpha value is -2.10. The average molecular weight is 230 g/mol. The molecule has 0 saturated heterocycles. The fourth-order valence-electron chi connectivity index (χ4n) is 1.12. The number of rotatable bonds is 1. The highest BCUT2D eigenvalue weighted by Crippen LogP contribution is 2.02. The highest BCUT2D eigenvalue weighted by atomic mass is 15.1. The van der Waals surface area contributed by atoms with E-state index in [9.17, 15) is 0 Å². The van der Waals surface area contributed by atoms with Crippen molar-refractivity contribution in [3.63, 3.8) is 0 Å². The van der Waals surface area contributed by atoms with Gasteiger partial charge in [0.2, 0.25) is 0 Å². The molecule has 2 aromatic rings. The van der Waals surface area contributed by atoms with Crippen LogP contribution in [-0.2, 0) is 0 Å². The molecule has 2 heterocycles. The number of nitrogens with zero attached hydrogens (tertiary/aromatic N) is 3. The minimum Gasteiger partial charge on any atom is -0.383 e. The van der Waals surface area contributed by atoms with Crippen LogP contribution in [0.4, 0.5) is 11.6 Å². The van der Waals surface area contributed by atoms with Crippen LogP contribution < -0.4 is 10.6 Å². The molecule has 0 aromatic carbocycles. The van der Waals surface area contributed by atoms with Crippen molar-refractivity contribution in [1.29, 1.82) is 0 Å². The maximum atomic E-state index is 5.41. The van der Waals surface area contributed by atoms with E-state index in [1.54, 1.807) is 12.4 Å². The standard InChI is InChI=1S/C7H10N2.C6H8N2/c1-9(2)7-5-3-4-6-8-7;1-5-3-2-4-8-6(5)7/h3-6H,1-2H3;2-4H,1H3,(H2,7,8). The van der Waals surface area contributed by atoms with Crippen LogP contribution in [0.2, 0.25) is 0 Å². The molecule has 0 radical (unpaired) electrons. The van der Waals surface area contributed by atoms with E-state index in [1.807, 2.05) is 56.3 Å². The van der Waals surface area contributed by atoms with Crippen molar-refractivity contribution in [2.24, 2.45) is 0 Å². The number of hydrogen-bond acceptors (Lipinski definition) is 4. The molecule has 0 amide bonds. The molecule has 0 spiro atoms. The monoisotopic (exact) mass is 230 g/mol. The molecule has 0 aliphatic rings. The van der Waals surface area contributed by atoms with Gasteiger partial charge in [-0.25, -0.2) is 9.97 Å². The predicted octanol–water partition coefficient (Wildman–Crippen LogP) is 2.12. The van der Waals surface area contributed by atoms with Gasteiger partial charge in [0.25, 0.3) is 0 Å². The Morgan fingerprint density at radius 3 is 2.06 bits per heavy atom. The van der Waals surface area contributed by atoms with Crippen LogP contribution in [0.25, 0.3) is 0 Å². The quantitative estimate of drug-likeness (QED) is 0.815. The van der Waals surface area contributed by atoms with Gasteiger partial charge in [-0.05, 0) is 30.7 Å². The Bertz CT molecular complexity index is 419. The third-order valence-corrected chi connectivity index (χ3v) is 2.16. The highest BCUT2D eigenvalue weighted by molar-refractivity contribution is 5.36. The number of aryl methyl sites for hydroxylation is 1. The van der Waals surface area contributed by atoms with Gasteiger partial charge < -0.3 is 10.6 Å². The number of nitrogens with two attached hydrogens (primary N) is 1. The number of nitrogen functional groups attached to an aromatic ring is 1. The first-order valence-electron chi connectivity index (χ1n) is 5.36. The highest BCUT2D eigenvalue weighted by Gasteiger charge is 1.89. The molecule has 4 nitrogen and oxygen atoms in total. The minimum absolute atomic E-state index is 0.618. The summed E-state index contributed by atoms with van der Waals surface area (Å²) in [7, 11) is 3.95. The lowest BCUT2D eigenvalue weighted by Crippen LogP contribution is -2.09. The van der Waals surface area contributed by atoms with Gasteiger partial charge in [-0.2, -0.15) is 0 Å². The van der Waals surface area contributed by atoms with E-state index in [0.29, 0.717) is 5.82 Å². The van der Waals surface area contributed by atoms with Crippen LogP contribution in [0.1, 0.15) is 5.56 Å². The van der Waals surface area contributed by atoms with E-state index in [1.165, 1.54) is 0 Å². The Kier molecular flexibility index (Phi) is 4.94. The number of pyridine rings is 2. The van der Waals surface area contributed by atoms with Gasteiger partial charge in [-0.15, -0.1) is 0 Å². The van der Waals surface area contributed by atoms with Crippen LogP contribution >= 0.6 is 0 Å². The topological polar surface area (TPSA) is 55.0 Å². The zero-order valence-corrected chi connectivity index (χ0v) is 10.5. The summed E-state index contributed by atoms with van der Waals surface area (Å²) in [5.74, 6) is 1.62. The molecular formula is C13H18N4. The second kappa shape index (κ2) is 6.48. The third-order valence-electron chi connectivity index (χ3n) is 2.16. The van der Waals surface area contributed by atoms with Gasteiger partial charge >= 0.3 is 0 Å². The van der Waals surface area contributed by atoms with Crippen LogP contribution in [0, 0.1) is 6.92 Å². The summed E-state index contributed by atoms with van der Waals surface area (Å²) >= 11 is 0. The molecule has 4 heteroatoms. The summed E-state index contributed by atoms with van der Waals surface area (Å²) in [6, 6.07) is 9.66. The van der Waals surface area contributed by atoms with E-state index in [4.69, 9.17) is 5.73 Å². The minimum atomic E-state index is 0.618. The van der Waals surface area contributed by atoms with Crippen LogP contribution in [0.5, 0.6) is 0 Å². The molecule has 90 valence electrons. The molecule has 0 unspecified atom stereocenters. The van der Waals surface area contributed by atoms with Gasteiger partial charge in [0.1, 0.15) is 11.6 Å². The Morgan fingerprint density at radius 2 is 1.71 bits per heavy atom. The largest absolute Gasteiger partial charge is 0.383 e. The first kappa shape index (κ1) is 13.0. The van der Waals surface area contributed by atoms with Crippen LogP contribution in [0.15, 0.2) is 42.7 Å². The van der Waals surface area contributed by atoms with Crippen molar-refractivity contribution < 1.29 is 0 Å². The van der Waals surface area contributed by atoms with Crippen LogP contribution in [-0.4, -0.2) is 24.1 Å². The normalized spacial score (nSPS) is 9.12. The zero-order valence-electron chi connectivity index (χ0n) is 10.5. The van der Waals surface area contributed by atoms with E-state index in [0.717, 1.165) is 11.4 Å². The van der Waals surface area contributed by atoms with Gasteiger partial charge in [-0.3, -0.25) is 0 Å². The number of aromatic nitrogens is 2. The molecular weight excluding hydrogens is 212 g/mol. The second-order valence-electron chi connectivity index (χ2n) is 3.79. The summed E-state index contributed by atoms with van der Waals surface area (Å²) in [4.78, 5) is 9.93. The molecule has 0 aliphatic carbocycles. The first-order valence-corrected chi connectivity index (χ1v) is 5.36. The predicted molar refractivity (Wildman–Crippen MR) is 72.0 cm³/mol. The van der Waals surface area contributed by atoms with Crippen molar-refractivity contribution in [2.75, 3.05) is 24.7 Å². The second-order valence-corrected chi connectivity index (χ2v) is 3.79. The molecule has 17 heavy (non-hydrogen) atoms. The van der Waals surface area contributed by atoms with Crippen molar-refractivity contribution >= 4 is 11.6 Å². The van der Waals surface area contributed by atoms with Crippen molar-refractivity contribution in [2.45, 2.75) is 6.92 Å². The van der Waals surface area contributed by atoms with Crippen molar-refractivity contribution in [3.8, 4) is 0 Å². The Balaban J connectivity index is 0.000000171. The lowest BCUT2D eigenvalue weighted by atomic mass is 10.3. The van der Waals surface area contributed by atoms with Crippen molar-refractivity contribution in [3.05, 3.63) is 48.3 Å². The summed E-state index contributed by atoms with van der Waals surface area (Å²) in [5.41, 5.74) is 6.44. The van der Waals surface area contributed by atoms with Gasteiger partial charge in [0.05, 0.1) is 0 Å². The van der Waals surface area contributed by atoms with Crippen LogP contribution in [0.3, 0.4) is 0 Å². The fourth-order valence-corrected chi connectivity index (χ4v) is 1.12. The number of anilines is 2. The first-order chi connectivity index (χ1) is 8.11. The molecule has 2 N–H and O–H groups in total. The molecule has 0 atom stereocenters. The molecule has 0 aliphatic heterocycles. The molecule has 0 fully saturated rings. The molecule has 2 rings (SSSR count).